The van der Waals surface area contributed by atoms with Crippen molar-refractivity contribution in [2.45, 2.75) is 51.7 Å². The van der Waals surface area contributed by atoms with E-state index < -0.39 is 11.0 Å². The Hall–Kier alpha value is -2.77. The number of nitrogens with zero attached hydrogens (tertiary/aromatic N) is 3. The van der Waals surface area contributed by atoms with Crippen LogP contribution in [-0.4, -0.2) is 72.8 Å². The first kappa shape index (κ1) is 21.9. The minimum atomic E-state index is -0.770. The highest BCUT2D eigenvalue weighted by Crippen LogP contribution is 2.30. The zero-order valence-electron chi connectivity index (χ0n) is 18.6. The number of hydrogen-bond donors (Lipinski definition) is 0. The lowest BCUT2D eigenvalue weighted by Crippen LogP contribution is -2.54. The van der Waals surface area contributed by atoms with Crippen molar-refractivity contribution in [1.29, 1.82) is 0 Å². The van der Waals surface area contributed by atoms with E-state index in [0.29, 0.717) is 26.2 Å². The maximum absolute atomic E-state index is 12.9. The van der Waals surface area contributed by atoms with Gasteiger partial charge in [0.05, 0.1) is 18.6 Å². The van der Waals surface area contributed by atoms with Gasteiger partial charge in [-0.15, -0.1) is 0 Å². The van der Waals surface area contributed by atoms with Gasteiger partial charge in [0.15, 0.2) is 0 Å². The molecule has 0 bridgehead atoms. The molecule has 2 aliphatic heterocycles. The number of esters is 1. The Morgan fingerprint density at radius 2 is 1.63 bits per heavy atom. The van der Waals surface area contributed by atoms with Crippen molar-refractivity contribution < 1.29 is 23.9 Å². The number of carbonyl (C=O) groups excluding carboxylic acids is 3. The summed E-state index contributed by atoms with van der Waals surface area (Å²) in [5, 5.41) is 0. The summed E-state index contributed by atoms with van der Waals surface area (Å²) in [6.45, 7) is 11.0. The van der Waals surface area contributed by atoms with Crippen molar-refractivity contribution in [2.24, 2.45) is 0 Å². The van der Waals surface area contributed by atoms with E-state index >= 15 is 0 Å². The maximum atomic E-state index is 12.9. The molecule has 2 fully saturated rings. The third-order valence-corrected chi connectivity index (χ3v) is 5.60. The van der Waals surface area contributed by atoms with Crippen LogP contribution in [0.15, 0.2) is 24.3 Å². The number of carbonyl (C=O) groups is 3. The van der Waals surface area contributed by atoms with Gasteiger partial charge in [-0.05, 0) is 52.3 Å². The number of anilines is 1. The Morgan fingerprint density at radius 1 is 1.00 bits per heavy atom. The first-order valence-corrected chi connectivity index (χ1v) is 10.2. The fourth-order valence-corrected chi connectivity index (χ4v) is 3.85. The van der Waals surface area contributed by atoms with Gasteiger partial charge in [0.2, 0.25) is 0 Å². The molecule has 3 amide bonds. The van der Waals surface area contributed by atoms with E-state index in [1.165, 1.54) is 7.11 Å². The van der Waals surface area contributed by atoms with E-state index in [2.05, 4.69) is 0 Å². The number of hydrogen-bond acceptors (Lipinski definition) is 5. The molecule has 2 aliphatic rings. The maximum Gasteiger partial charge on any atom is 0.410 e. The third-order valence-electron chi connectivity index (χ3n) is 5.60. The molecule has 30 heavy (non-hydrogen) atoms. The fourth-order valence-electron chi connectivity index (χ4n) is 3.85. The van der Waals surface area contributed by atoms with Crippen LogP contribution in [0, 0.1) is 0 Å². The van der Waals surface area contributed by atoms with Crippen LogP contribution >= 0.6 is 0 Å². The van der Waals surface area contributed by atoms with E-state index in [4.69, 9.17) is 9.47 Å². The molecule has 2 heterocycles. The highest BCUT2D eigenvalue weighted by atomic mass is 16.6. The summed E-state index contributed by atoms with van der Waals surface area (Å²) < 4.78 is 10.4. The Bertz CT molecular complexity index is 828. The first-order valence-electron chi connectivity index (χ1n) is 10.2. The number of rotatable bonds is 3. The van der Waals surface area contributed by atoms with Crippen LogP contribution in [0.5, 0.6) is 0 Å². The molecule has 0 aromatic heterocycles. The van der Waals surface area contributed by atoms with E-state index in [-0.39, 0.29) is 24.1 Å². The topological polar surface area (TPSA) is 79.4 Å². The molecule has 2 saturated heterocycles. The number of amides is 3. The van der Waals surface area contributed by atoms with E-state index in [0.717, 1.165) is 11.3 Å². The SMILES string of the molecule is COC(=O)C(C)(C)c1ccc(N2C[C@@H]3CN(C(=O)OC(C)(C)C)CCN3C2=O)cc1. The molecule has 0 radical (unpaired) electrons. The van der Waals surface area contributed by atoms with Gasteiger partial charge >= 0.3 is 18.1 Å². The van der Waals surface area contributed by atoms with Crippen LogP contribution in [0.25, 0.3) is 0 Å². The van der Waals surface area contributed by atoms with Crippen molar-refractivity contribution >= 4 is 23.8 Å². The number of methoxy groups -OCH3 is 1. The number of piperazine rings is 1. The van der Waals surface area contributed by atoms with Gasteiger partial charge < -0.3 is 19.3 Å². The molecular formula is C22H31N3O5. The molecule has 1 atom stereocenters. The van der Waals surface area contributed by atoms with E-state index in [1.54, 1.807) is 23.6 Å². The summed E-state index contributed by atoms with van der Waals surface area (Å²) in [5.41, 5.74) is 0.264. The van der Waals surface area contributed by atoms with Crippen molar-refractivity contribution in [3.05, 3.63) is 29.8 Å². The lowest BCUT2D eigenvalue weighted by molar-refractivity contribution is -0.146. The van der Waals surface area contributed by atoms with Gasteiger partial charge in [-0.2, -0.15) is 0 Å². The summed E-state index contributed by atoms with van der Waals surface area (Å²) in [6.07, 6.45) is -0.345. The Kier molecular flexibility index (Phi) is 5.71. The van der Waals surface area contributed by atoms with Gasteiger partial charge in [0, 0.05) is 31.9 Å². The predicted octanol–water partition coefficient (Wildman–Crippen LogP) is 3.00. The fraction of sp³-hybridized carbons (Fsp3) is 0.591. The van der Waals surface area contributed by atoms with Gasteiger partial charge in [-0.3, -0.25) is 9.69 Å². The molecule has 8 heteroatoms. The molecule has 0 saturated carbocycles. The zero-order valence-corrected chi connectivity index (χ0v) is 18.6. The van der Waals surface area contributed by atoms with Crippen LogP contribution in [0.2, 0.25) is 0 Å². The van der Waals surface area contributed by atoms with Gasteiger partial charge in [-0.25, -0.2) is 9.59 Å². The lowest BCUT2D eigenvalue weighted by Gasteiger charge is -2.36. The summed E-state index contributed by atoms with van der Waals surface area (Å²) in [7, 11) is 1.37. The largest absolute Gasteiger partial charge is 0.468 e. The first-order chi connectivity index (χ1) is 13.9. The second kappa shape index (κ2) is 7.81. The van der Waals surface area contributed by atoms with Gasteiger partial charge in [0.25, 0.3) is 0 Å². The van der Waals surface area contributed by atoms with Crippen LogP contribution in [0.1, 0.15) is 40.2 Å². The number of benzene rings is 1. The summed E-state index contributed by atoms with van der Waals surface area (Å²) in [4.78, 5) is 42.6. The number of ether oxygens (including phenoxy) is 2. The number of fused-ring (bicyclic) bond motifs is 1. The van der Waals surface area contributed by atoms with Gasteiger partial charge in [-0.1, -0.05) is 12.1 Å². The molecule has 0 spiro atoms. The standard InChI is InChI=1S/C22H31N3O5/c1-21(2,3)30-20(28)23-11-12-24-17(13-23)14-25(19(24)27)16-9-7-15(8-10-16)22(4,5)18(26)29-6/h7-10,17H,11-14H2,1-6H3/t17-/m0/s1. The highest BCUT2D eigenvalue weighted by Gasteiger charge is 2.43. The van der Waals surface area contributed by atoms with E-state index in [1.807, 2.05) is 49.9 Å². The van der Waals surface area contributed by atoms with Gasteiger partial charge in [0.1, 0.15) is 5.60 Å². The minimum absolute atomic E-state index is 0.0659. The monoisotopic (exact) mass is 417 g/mol. The molecule has 164 valence electrons. The molecule has 8 nitrogen and oxygen atoms in total. The van der Waals surface area contributed by atoms with Crippen LogP contribution in [0.3, 0.4) is 0 Å². The smallest absolute Gasteiger partial charge is 0.410 e. The Balaban J connectivity index is 1.71. The third kappa shape index (κ3) is 4.22. The Morgan fingerprint density at radius 3 is 2.20 bits per heavy atom. The molecule has 0 N–H and O–H groups in total. The predicted molar refractivity (Wildman–Crippen MR) is 113 cm³/mol. The van der Waals surface area contributed by atoms with Crippen molar-refractivity contribution in [1.82, 2.24) is 9.80 Å². The average molecular weight is 418 g/mol. The van der Waals surface area contributed by atoms with Crippen molar-refractivity contribution in [3.8, 4) is 0 Å². The summed E-state index contributed by atoms with van der Waals surface area (Å²) in [5.74, 6) is -0.313. The van der Waals surface area contributed by atoms with E-state index in [9.17, 15) is 14.4 Å². The second-order valence-corrected chi connectivity index (χ2v) is 9.33. The molecule has 0 aliphatic carbocycles. The molecule has 1 aromatic carbocycles. The second-order valence-electron chi connectivity index (χ2n) is 9.33. The molecule has 0 unspecified atom stereocenters. The van der Waals surface area contributed by atoms with Crippen LogP contribution in [0.4, 0.5) is 15.3 Å². The summed E-state index contributed by atoms with van der Waals surface area (Å²) in [6, 6.07) is 7.26. The summed E-state index contributed by atoms with van der Waals surface area (Å²) >= 11 is 0. The lowest BCUT2D eigenvalue weighted by atomic mass is 9.84. The van der Waals surface area contributed by atoms with Crippen molar-refractivity contribution in [3.63, 3.8) is 0 Å². The van der Waals surface area contributed by atoms with Crippen LogP contribution in [-0.2, 0) is 19.7 Å². The van der Waals surface area contributed by atoms with Crippen molar-refractivity contribution in [2.75, 3.05) is 38.2 Å². The Labute approximate surface area is 177 Å². The molecule has 1 aromatic rings. The molecule has 3 rings (SSSR count). The zero-order chi connectivity index (χ0) is 22.3. The highest BCUT2D eigenvalue weighted by molar-refractivity contribution is 5.95. The quantitative estimate of drug-likeness (QED) is 0.707. The minimum Gasteiger partial charge on any atom is -0.468 e. The normalized spacial score (nSPS) is 19.6. The van der Waals surface area contributed by atoms with Crippen LogP contribution < -0.4 is 4.90 Å². The molecular weight excluding hydrogens is 386 g/mol. The average Bonchev–Trinajstić information content (AvgIpc) is 3.02. The number of urea groups is 1.